The fraction of sp³-hybridized carbons (Fsp3) is 0.421. The third kappa shape index (κ3) is 4.71. The fourth-order valence-corrected chi connectivity index (χ4v) is 3.20. The summed E-state index contributed by atoms with van der Waals surface area (Å²) < 4.78 is 0. The van der Waals surface area contributed by atoms with Crippen molar-refractivity contribution in [3.05, 3.63) is 52.7 Å². The van der Waals surface area contributed by atoms with Crippen LogP contribution < -0.4 is 10.2 Å². The van der Waals surface area contributed by atoms with Gasteiger partial charge in [0.25, 0.3) is 0 Å². The summed E-state index contributed by atoms with van der Waals surface area (Å²) in [6.07, 6.45) is 1.10. The second kappa shape index (κ2) is 8.47. The predicted octanol–water partition coefficient (Wildman–Crippen LogP) is 2.72. The molecule has 1 atom stereocenters. The molecule has 2 N–H and O–H groups in total. The molecule has 0 unspecified atom stereocenters. The summed E-state index contributed by atoms with van der Waals surface area (Å²) in [5.41, 5.74) is 1.90. The molecule has 1 amide bonds. The highest BCUT2D eigenvalue weighted by Crippen LogP contribution is 2.22. The number of benzene rings is 1. The van der Waals surface area contributed by atoms with Gasteiger partial charge in [-0.25, -0.2) is 0 Å². The van der Waals surface area contributed by atoms with Crippen LogP contribution in [0.15, 0.2) is 36.4 Å². The highest BCUT2D eigenvalue weighted by Gasteiger charge is 2.25. The number of hydrogen-bond acceptors (Lipinski definition) is 5. The maximum absolute atomic E-state index is 12.4. The van der Waals surface area contributed by atoms with Crippen LogP contribution in [0.25, 0.3) is 0 Å². The van der Waals surface area contributed by atoms with E-state index in [-0.39, 0.29) is 11.8 Å². The lowest BCUT2D eigenvalue weighted by Gasteiger charge is -2.31. The molecule has 3 rings (SSSR count). The number of aliphatic hydroxyl groups is 1. The van der Waals surface area contributed by atoms with Crippen LogP contribution in [0.2, 0.25) is 5.15 Å². The zero-order chi connectivity index (χ0) is 18.5. The molecule has 0 radical (unpaired) electrons. The van der Waals surface area contributed by atoms with Crippen LogP contribution in [0.4, 0.5) is 5.82 Å². The van der Waals surface area contributed by atoms with Gasteiger partial charge >= 0.3 is 0 Å². The molecular formula is C19H23ClN4O2. The van der Waals surface area contributed by atoms with E-state index in [1.165, 1.54) is 0 Å². The van der Waals surface area contributed by atoms with Crippen LogP contribution in [0, 0.1) is 5.92 Å². The quantitative estimate of drug-likeness (QED) is 0.841. The first-order valence-electron chi connectivity index (χ1n) is 8.81. The first-order valence-corrected chi connectivity index (χ1v) is 9.19. The van der Waals surface area contributed by atoms with Gasteiger partial charge < -0.3 is 15.3 Å². The Morgan fingerprint density at radius 1 is 1.23 bits per heavy atom. The Morgan fingerprint density at radius 3 is 2.50 bits per heavy atom. The number of nitrogens with one attached hydrogen (secondary N) is 1. The third-order valence-electron chi connectivity index (χ3n) is 4.74. The maximum Gasteiger partial charge on any atom is 0.223 e. The third-order valence-corrected chi connectivity index (χ3v) is 4.94. The van der Waals surface area contributed by atoms with Gasteiger partial charge in [0.2, 0.25) is 5.91 Å². The van der Waals surface area contributed by atoms with Crippen molar-refractivity contribution in [3.63, 3.8) is 0 Å². The summed E-state index contributed by atoms with van der Waals surface area (Å²) in [4.78, 5) is 14.5. The van der Waals surface area contributed by atoms with Crippen molar-refractivity contribution in [2.45, 2.75) is 32.4 Å². The summed E-state index contributed by atoms with van der Waals surface area (Å²) in [5, 5.41) is 20.9. The van der Waals surface area contributed by atoms with Gasteiger partial charge in [0.15, 0.2) is 11.0 Å². The Hall–Kier alpha value is -2.18. The standard InChI is InChI=1S/C19H23ClN4O2/c1-13(25)15-4-2-14(3-5-15)12-21-19(26)16-8-10-24(11-9-16)18-7-6-17(20)22-23-18/h2-7,13,16,25H,8-12H2,1H3,(H,21,26)/t13-/m1/s1. The van der Waals surface area contributed by atoms with E-state index in [0.717, 1.165) is 42.9 Å². The number of carbonyl (C=O) groups is 1. The first kappa shape index (κ1) is 18.6. The van der Waals surface area contributed by atoms with Crippen LogP contribution >= 0.6 is 11.6 Å². The largest absolute Gasteiger partial charge is 0.389 e. The van der Waals surface area contributed by atoms with E-state index in [2.05, 4.69) is 20.4 Å². The molecule has 1 aromatic heterocycles. The van der Waals surface area contributed by atoms with Crippen molar-refractivity contribution >= 4 is 23.3 Å². The highest BCUT2D eigenvalue weighted by atomic mass is 35.5. The van der Waals surface area contributed by atoms with E-state index in [1.54, 1.807) is 13.0 Å². The Morgan fingerprint density at radius 2 is 1.92 bits per heavy atom. The molecule has 6 nitrogen and oxygen atoms in total. The number of rotatable bonds is 5. The zero-order valence-electron chi connectivity index (χ0n) is 14.7. The molecule has 1 fully saturated rings. The van der Waals surface area contributed by atoms with Gasteiger partial charge in [-0.05, 0) is 43.0 Å². The smallest absolute Gasteiger partial charge is 0.223 e. The molecule has 1 aliphatic heterocycles. The topological polar surface area (TPSA) is 78.4 Å². The normalized spacial score (nSPS) is 16.3. The van der Waals surface area contributed by atoms with Gasteiger partial charge in [-0.1, -0.05) is 35.9 Å². The van der Waals surface area contributed by atoms with Gasteiger partial charge in [-0.3, -0.25) is 4.79 Å². The Balaban J connectivity index is 1.47. The van der Waals surface area contributed by atoms with Crippen molar-refractivity contribution in [1.82, 2.24) is 15.5 Å². The molecule has 7 heteroatoms. The van der Waals surface area contributed by atoms with E-state index >= 15 is 0 Å². The molecule has 0 spiro atoms. The number of carbonyl (C=O) groups excluding carboxylic acids is 1. The molecule has 1 saturated heterocycles. The Kier molecular flexibility index (Phi) is 6.06. The SMILES string of the molecule is C[C@@H](O)c1ccc(CNC(=O)C2CCN(c3ccc(Cl)nn3)CC2)cc1. The minimum absolute atomic E-state index is 0.0169. The Labute approximate surface area is 158 Å². The lowest BCUT2D eigenvalue weighted by atomic mass is 9.96. The van der Waals surface area contributed by atoms with Gasteiger partial charge in [0.1, 0.15) is 0 Å². The van der Waals surface area contributed by atoms with Gasteiger partial charge in [-0.2, -0.15) is 0 Å². The maximum atomic E-state index is 12.4. The number of hydrogen-bond donors (Lipinski definition) is 2. The molecule has 2 heterocycles. The second-order valence-corrected chi connectivity index (χ2v) is 7.00. The summed E-state index contributed by atoms with van der Waals surface area (Å²) in [7, 11) is 0. The summed E-state index contributed by atoms with van der Waals surface area (Å²) in [5.74, 6) is 0.904. The van der Waals surface area contributed by atoms with E-state index < -0.39 is 6.10 Å². The monoisotopic (exact) mass is 374 g/mol. The number of anilines is 1. The van der Waals surface area contributed by atoms with Crippen molar-refractivity contribution in [2.75, 3.05) is 18.0 Å². The minimum atomic E-state index is -0.478. The molecule has 0 aliphatic carbocycles. The van der Waals surface area contributed by atoms with E-state index in [4.69, 9.17) is 11.6 Å². The van der Waals surface area contributed by atoms with Crippen LogP contribution in [-0.4, -0.2) is 34.3 Å². The van der Waals surface area contributed by atoms with Crippen LogP contribution in [-0.2, 0) is 11.3 Å². The average Bonchev–Trinajstić information content (AvgIpc) is 2.67. The van der Waals surface area contributed by atoms with Gasteiger partial charge in [0.05, 0.1) is 6.10 Å². The molecule has 1 aliphatic rings. The van der Waals surface area contributed by atoms with Crippen LogP contribution in [0.1, 0.15) is 37.0 Å². The number of amides is 1. The molecule has 0 saturated carbocycles. The number of nitrogens with zero attached hydrogens (tertiary/aromatic N) is 3. The number of aromatic nitrogens is 2. The number of aliphatic hydroxyl groups excluding tert-OH is 1. The van der Waals surface area contributed by atoms with Gasteiger partial charge in [-0.15, -0.1) is 10.2 Å². The molecule has 1 aromatic carbocycles. The number of halogens is 1. The summed E-state index contributed by atoms with van der Waals surface area (Å²) in [6, 6.07) is 11.2. The lowest BCUT2D eigenvalue weighted by molar-refractivity contribution is -0.125. The van der Waals surface area contributed by atoms with Crippen molar-refractivity contribution < 1.29 is 9.90 Å². The minimum Gasteiger partial charge on any atom is -0.389 e. The van der Waals surface area contributed by atoms with E-state index in [9.17, 15) is 9.90 Å². The van der Waals surface area contributed by atoms with Crippen molar-refractivity contribution in [1.29, 1.82) is 0 Å². The lowest BCUT2D eigenvalue weighted by Crippen LogP contribution is -2.40. The van der Waals surface area contributed by atoms with E-state index in [0.29, 0.717) is 11.7 Å². The molecular weight excluding hydrogens is 352 g/mol. The predicted molar refractivity (Wildman–Crippen MR) is 101 cm³/mol. The molecule has 138 valence electrons. The van der Waals surface area contributed by atoms with Gasteiger partial charge in [0, 0.05) is 25.6 Å². The van der Waals surface area contributed by atoms with Crippen molar-refractivity contribution in [3.8, 4) is 0 Å². The Bertz CT molecular complexity index is 726. The van der Waals surface area contributed by atoms with Crippen LogP contribution in [0.5, 0.6) is 0 Å². The summed E-state index contributed by atoms with van der Waals surface area (Å²) >= 11 is 5.77. The molecule has 26 heavy (non-hydrogen) atoms. The van der Waals surface area contributed by atoms with Crippen molar-refractivity contribution in [2.24, 2.45) is 5.92 Å². The first-order chi connectivity index (χ1) is 12.5. The second-order valence-electron chi connectivity index (χ2n) is 6.61. The fourth-order valence-electron chi connectivity index (χ4n) is 3.10. The van der Waals surface area contributed by atoms with Crippen LogP contribution in [0.3, 0.4) is 0 Å². The zero-order valence-corrected chi connectivity index (χ0v) is 15.5. The average molecular weight is 375 g/mol. The highest BCUT2D eigenvalue weighted by molar-refractivity contribution is 6.29. The summed E-state index contributed by atoms with van der Waals surface area (Å²) in [6.45, 7) is 3.79. The molecule has 0 bridgehead atoms. The number of piperidine rings is 1. The van der Waals surface area contributed by atoms with E-state index in [1.807, 2.05) is 30.3 Å². The molecule has 2 aromatic rings.